The van der Waals surface area contributed by atoms with E-state index in [2.05, 4.69) is 19.2 Å². The molecule has 0 aromatic carbocycles. The van der Waals surface area contributed by atoms with E-state index in [1.807, 2.05) is 0 Å². The number of carbonyl (C=O) groups is 2. The molecule has 0 aliphatic heterocycles. The molecule has 112 valence electrons. The van der Waals surface area contributed by atoms with Gasteiger partial charge in [-0.3, -0.25) is 9.59 Å². The van der Waals surface area contributed by atoms with Crippen LogP contribution in [0, 0.1) is 5.41 Å². The molecule has 6 heteroatoms. The standard InChI is InChI=1S/C13H26N2O4/c1-13(2,6-7-14)5-4-11(16)15-9-10(19-3)8-12(17)18/h10H,4-9,14H2,1-3H3,(H,15,16)(H,17,18). The zero-order valence-electron chi connectivity index (χ0n) is 12.1. The Morgan fingerprint density at radius 3 is 2.47 bits per heavy atom. The molecule has 0 rings (SSSR count). The largest absolute Gasteiger partial charge is 0.481 e. The number of hydrogen-bond donors (Lipinski definition) is 3. The van der Waals surface area contributed by atoms with E-state index >= 15 is 0 Å². The molecule has 0 radical (unpaired) electrons. The predicted octanol–water partition coefficient (Wildman–Crippen LogP) is 0.748. The smallest absolute Gasteiger partial charge is 0.306 e. The summed E-state index contributed by atoms with van der Waals surface area (Å²) < 4.78 is 4.98. The van der Waals surface area contributed by atoms with Gasteiger partial charge in [0, 0.05) is 20.1 Å². The second-order valence-electron chi connectivity index (χ2n) is 5.46. The van der Waals surface area contributed by atoms with Gasteiger partial charge in [-0.2, -0.15) is 0 Å². The van der Waals surface area contributed by atoms with Crippen LogP contribution in [0.3, 0.4) is 0 Å². The quantitative estimate of drug-likeness (QED) is 0.545. The summed E-state index contributed by atoms with van der Waals surface area (Å²) >= 11 is 0. The topological polar surface area (TPSA) is 102 Å². The highest BCUT2D eigenvalue weighted by Crippen LogP contribution is 2.25. The number of hydrogen-bond acceptors (Lipinski definition) is 4. The van der Waals surface area contributed by atoms with E-state index < -0.39 is 12.1 Å². The van der Waals surface area contributed by atoms with Crippen LogP contribution in [-0.2, 0) is 14.3 Å². The Morgan fingerprint density at radius 2 is 2.00 bits per heavy atom. The fourth-order valence-corrected chi connectivity index (χ4v) is 1.72. The van der Waals surface area contributed by atoms with Gasteiger partial charge in [-0.25, -0.2) is 0 Å². The molecule has 0 aliphatic rings. The third-order valence-electron chi connectivity index (χ3n) is 3.11. The van der Waals surface area contributed by atoms with Crippen LogP contribution in [0.4, 0.5) is 0 Å². The molecule has 1 amide bonds. The number of carbonyl (C=O) groups excluding carboxylic acids is 1. The molecule has 0 aromatic rings. The molecular formula is C13H26N2O4. The first-order valence-corrected chi connectivity index (χ1v) is 6.52. The minimum atomic E-state index is -0.940. The van der Waals surface area contributed by atoms with Crippen molar-refractivity contribution in [3.63, 3.8) is 0 Å². The van der Waals surface area contributed by atoms with Gasteiger partial charge in [-0.15, -0.1) is 0 Å². The van der Waals surface area contributed by atoms with Gasteiger partial charge < -0.3 is 20.9 Å². The monoisotopic (exact) mass is 274 g/mol. The number of carboxylic acids is 1. The maximum atomic E-state index is 11.7. The summed E-state index contributed by atoms with van der Waals surface area (Å²) in [4.78, 5) is 22.2. The fourth-order valence-electron chi connectivity index (χ4n) is 1.72. The van der Waals surface area contributed by atoms with Gasteiger partial charge in [0.15, 0.2) is 0 Å². The average Bonchev–Trinajstić information content (AvgIpc) is 2.31. The number of aliphatic carboxylic acids is 1. The van der Waals surface area contributed by atoms with Crippen molar-refractivity contribution in [3.05, 3.63) is 0 Å². The van der Waals surface area contributed by atoms with E-state index in [0.29, 0.717) is 13.0 Å². The number of amides is 1. The molecule has 0 bridgehead atoms. The molecule has 0 aromatic heterocycles. The van der Waals surface area contributed by atoms with Crippen molar-refractivity contribution in [2.45, 2.75) is 45.6 Å². The van der Waals surface area contributed by atoms with Crippen LogP contribution in [-0.4, -0.2) is 43.3 Å². The highest BCUT2D eigenvalue weighted by molar-refractivity contribution is 5.76. The lowest BCUT2D eigenvalue weighted by Gasteiger charge is -2.23. The van der Waals surface area contributed by atoms with Crippen molar-refractivity contribution in [1.29, 1.82) is 0 Å². The number of nitrogens with two attached hydrogens (primary N) is 1. The Balaban J connectivity index is 3.94. The lowest BCUT2D eigenvalue weighted by molar-refractivity contribution is -0.140. The van der Waals surface area contributed by atoms with Crippen LogP contribution in [0.1, 0.15) is 39.5 Å². The second kappa shape index (κ2) is 8.87. The van der Waals surface area contributed by atoms with Crippen LogP contribution < -0.4 is 11.1 Å². The molecule has 0 saturated carbocycles. The van der Waals surface area contributed by atoms with Gasteiger partial charge in [0.05, 0.1) is 12.5 Å². The molecule has 0 fully saturated rings. The van der Waals surface area contributed by atoms with Crippen LogP contribution >= 0.6 is 0 Å². The molecule has 1 unspecified atom stereocenters. The second-order valence-corrected chi connectivity index (χ2v) is 5.46. The summed E-state index contributed by atoms with van der Waals surface area (Å²) in [6.45, 7) is 4.99. The summed E-state index contributed by atoms with van der Waals surface area (Å²) in [6.07, 6.45) is 1.44. The predicted molar refractivity (Wildman–Crippen MR) is 72.7 cm³/mol. The number of carboxylic acid groups (broad SMARTS) is 1. The summed E-state index contributed by atoms with van der Waals surface area (Å²) in [5.41, 5.74) is 5.56. The van der Waals surface area contributed by atoms with Gasteiger partial charge in [0.2, 0.25) is 5.91 Å². The normalized spacial score (nSPS) is 13.1. The fraction of sp³-hybridized carbons (Fsp3) is 0.846. The lowest BCUT2D eigenvalue weighted by Crippen LogP contribution is -2.35. The van der Waals surface area contributed by atoms with E-state index in [-0.39, 0.29) is 24.3 Å². The Kier molecular flexibility index (Phi) is 8.34. The summed E-state index contributed by atoms with van der Waals surface area (Å²) in [6, 6.07) is 0. The molecule has 19 heavy (non-hydrogen) atoms. The lowest BCUT2D eigenvalue weighted by atomic mass is 9.84. The molecule has 0 heterocycles. The van der Waals surface area contributed by atoms with Crippen molar-refractivity contribution in [1.82, 2.24) is 5.32 Å². The first-order valence-electron chi connectivity index (χ1n) is 6.52. The molecule has 6 nitrogen and oxygen atoms in total. The SMILES string of the molecule is COC(CNC(=O)CCC(C)(C)CCN)CC(=O)O. The number of nitrogens with one attached hydrogen (secondary N) is 1. The van der Waals surface area contributed by atoms with Crippen LogP contribution in [0.2, 0.25) is 0 Å². The first-order chi connectivity index (χ1) is 8.80. The van der Waals surface area contributed by atoms with Crippen molar-refractivity contribution in [2.24, 2.45) is 11.1 Å². The third kappa shape index (κ3) is 9.44. The Labute approximate surface area is 114 Å². The van der Waals surface area contributed by atoms with E-state index in [0.717, 1.165) is 12.8 Å². The van der Waals surface area contributed by atoms with Crippen LogP contribution in [0.25, 0.3) is 0 Å². The molecule has 1 atom stereocenters. The van der Waals surface area contributed by atoms with Crippen LogP contribution in [0.5, 0.6) is 0 Å². The Bertz CT molecular complexity index is 292. The van der Waals surface area contributed by atoms with Gasteiger partial charge in [0.25, 0.3) is 0 Å². The maximum absolute atomic E-state index is 11.7. The zero-order valence-corrected chi connectivity index (χ0v) is 12.1. The third-order valence-corrected chi connectivity index (χ3v) is 3.11. The summed E-state index contributed by atoms with van der Waals surface area (Å²) in [7, 11) is 1.43. The van der Waals surface area contributed by atoms with Crippen molar-refractivity contribution < 1.29 is 19.4 Å². The first kappa shape index (κ1) is 17.9. The zero-order chi connectivity index (χ0) is 14.9. The Hall–Kier alpha value is -1.14. The van der Waals surface area contributed by atoms with Gasteiger partial charge in [-0.1, -0.05) is 13.8 Å². The van der Waals surface area contributed by atoms with Crippen molar-refractivity contribution in [3.8, 4) is 0 Å². The maximum Gasteiger partial charge on any atom is 0.306 e. The van der Waals surface area contributed by atoms with Gasteiger partial charge in [0.1, 0.15) is 0 Å². The van der Waals surface area contributed by atoms with Crippen molar-refractivity contribution >= 4 is 11.9 Å². The Morgan fingerprint density at radius 1 is 1.37 bits per heavy atom. The van der Waals surface area contributed by atoms with Crippen molar-refractivity contribution in [2.75, 3.05) is 20.2 Å². The van der Waals surface area contributed by atoms with E-state index in [1.54, 1.807) is 0 Å². The van der Waals surface area contributed by atoms with E-state index in [4.69, 9.17) is 15.6 Å². The molecule has 0 saturated heterocycles. The number of methoxy groups -OCH3 is 1. The average molecular weight is 274 g/mol. The van der Waals surface area contributed by atoms with E-state index in [1.165, 1.54) is 7.11 Å². The highest BCUT2D eigenvalue weighted by Gasteiger charge is 2.19. The van der Waals surface area contributed by atoms with Crippen LogP contribution in [0.15, 0.2) is 0 Å². The molecule has 4 N–H and O–H groups in total. The number of ether oxygens (including phenoxy) is 1. The summed E-state index contributed by atoms with van der Waals surface area (Å²) in [5.74, 6) is -1.03. The molecular weight excluding hydrogens is 248 g/mol. The molecule has 0 aliphatic carbocycles. The summed E-state index contributed by atoms with van der Waals surface area (Å²) in [5, 5.41) is 11.3. The van der Waals surface area contributed by atoms with E-state index in [9.17, 15) is 9.59 Å². The van der Waals surface area contributed by atoms with Gasteiger partial charge >= 0.3 is 5.97 Å². The highest BCUT2D eigenvalue weighted by atomic mass is 16.5. The van der Waals surface area contributed by atoms with Gasteiger partial charge in [-0.05, 0) is 24.8 Å². The molecule has 0 spiro atoms. The minimum Gasteiger partial charge on any atom is -0.481 e. The minimum absolute atomic E-state index is 0.0494. The number of rotatable bonds is 10.